The molecule has 3 N–H and O–H groups in total. The molecule has 0 aliphatic heterocycles. The van der Waals surface area contributed by atoms with Gasteiger partial charge in [-0.3, -0.25) is 4.79 Å². The highest BCUT2D eigenvalue weighted by Gasteiger charge is 2.41. The van der Waals surface area contributed by atoms with E-state index in [-0.39, 0.29) is 24.6 Å². The quantitative estimate of drug-likeness (QED) is 0.717. The maximum absolute atomic E-state index is 13.3. The number of hydrogen-bond donors (Lipinski definition) is 2. The number of amides is 1. The van der Waals surface area contributed by atoms with Crippen LogP contribution in [0, 0.1) is 0 Å². The molecule has 0 aliphatic rings. The number of carbonyl (C=O) groups excluding carboxylic acids is 1. The molecule has 24 heavy (non-hydrogen) atoms. The van der Waals surface area contributed by atoms with E-state index in [1.807, 2.05) is 0 Å². The van der Waals surface area contributed by atoms with Crippen molar-refractivity contribution >= 4 is 34.2 Å². The van der Waals surface area contributed by atoms with E-state index in [1.165, 1.54) is 12.1 Å². The van der Waals surface area contributed by atoms with E-state index < -0.39 is 23.5 Å². The van der Waals surface area contributed by atoms with E-state index in [2.05, 4.69) is 31.6 Å². The highest BCUT2D eigenvalue weighted by molar-refractivity contribution is 9.10. The minimum atomic E-state index is -4.78. The molecule has 0 aliphatic carbocycles. The lowest BCUT2D eigenvalue weighted by molar-refractivity contribution is -0.143. The maximum atomic E-state index is 13.3. The number of nitrogens with two attached hydrogens (primary N) is 1. The molecule has 1 aromatic heterocycles. The van der Waals surface area contributed by atoms with Gasteiger partial charge in [-0.15, -0.1) is 17.5 Å². The second-order valence-electron chi connectivity index (χ2n) is 4.57. The number of hydrogen-bond acceptors (Lipinski definition) is 4. The number of nitrogens with one attached hydrogen (secondary N) is 1. The number of halogens is 5. The average molecular weight is 429 g/mol. The van der Waals surface area contributed by atoms with Gasteiger partial charge in [0.15, 0.2) is 11.4 Å². The number of carbonyl (C=O) groups is 1. The van der Waals surface area contributed by atoms with Crippen LogP contribution in [-0.2, 0) is 6.18 Å². The Kier molecular flexibility index (Phi) is 7.18. The van der Waals surface area contributed by atoms with Gasteiger partial charge in [-0.05, 0) is 37.2 Å². The van der Waals surface area contributed by atoms with Crippen molar-refractivity contribution in [3.63, 3.8) is 0 Å². The summed E-state index contributed by atoms with van der Waals surface area (Å²) in [5.41, 5.74) is 3.44. The summed E-state index contributed by atoms with van der Waals surface area (Å²) in [5.74, 6) is -0.936. The van der Waals surface area contributed by atoms with E-state index in [4.69, 9.17) is 5.73 Å². The van der Waals surface area contributed by atoms with Crippen molar-refractivity contribution < 1.29 is 18.0 Å². The summed E-state index contributed by atoms with van der Waals surface area (Å²) in [5, 5.41) is 9.22. The molecule has 2 aromatic rings. The van der Waals surface area contributed by atoms with Crippen molar-refractivity contribution in [2.75, 3.05) is 13.1 Å². The first-order valence-corrected chi connectivity index (χ1v) is 7.41. The molecule has 0 bridgehead atoms. The van der Waals surface area contributed by atoms with Gasteiger partial charge in [0.25, 0.3) is 5.91 Å². The summed E-state index contributed by atoms with van der Waals surface area (Å²) in [7, 11) is 0. The highest BCUT2D eigenvalue weighted by atomic mass is 79.9. The molecule has 1 heterocycles. The highest BCUT2D eigenvalue weighted by Crippen LogP contribution is 2.32. The summed E-state index contributed by atoms with van der Waals surface area (Å²) in [6, 6.07) is 6.00. The third kappa shape index (κ3) is 4.68. The van der Waals surface area contributed by atoms with E-state index in [1.54, 1.807) is 12.1 Å². The monoisotopic (exact) mass is 427 g/mol. The maximum Gasteiger partial charge on any atom is 0.435 e. The molecular formula is C13H14BrClF3N5O. The van der Waals surface area contributed by atoms with Crippen LogP contribution >= 0.6 is 28.3 Å². The lowest BCUT2D eigenvalue weighted by Crippen LogP contribution is -2.29. The van der Waals surface area contributed by atoms with Gasteiger partial charge in [-0.1, -0.05) is 21.1 Å². The minimum Gasteiger partial charge on any atom is -0.351 e. The zero-order chi connectivity index (χ0) is 17.0. The third-order valence-corrected chi connectivity index (χ3v) is 3.42. The van der Waals surface area contributed by atoms with Gasteiger partial charge in [0.2, 0.25) is 0 Å². The zero-order valence-electron chi connectivity index (χ0n) is 12.2. The predicted octanol–water partition coefficient (Wildman–Crippen LogP) is 2.55. The van der Waals surface area contributed by atoms with E-state index in [0.717, 1.165) is 0 Å². The molecule has 0 spiro atoms. The molecule has 0 fully saturated rings. The molecule has 0 saturated heterocycles. The number of benzene rings is 1. The van der Waals surface area contributed by atoms with Crippen molar-refractivity contribution in [1.82, 2.24) is 20.3 Å². The number of rotatable bonds is 5. The Morgan fingerprint density at radius 2 is 1.92 bits per heavy atom. The van der Waals surface area contributed by atoms with Gasteiger partial charge in [-0.2, -0.15) is 13.2 Å². The van der Waals surface area contributed by atoms with Gasteiger partial charge in [-0.25, -0.2) is 4.68 Å². The van der Waals surface area contributed by atoms with Crippen LogP contribution in [-0.4, -0.2) is 34.0 Å². The molecule has 2 rings (SSSR count). The molecule has 0 saturated carbocycles. The number of nitrogens with zero attached hydrogens (tertiary/aromatic N) is 3. The Morgan fingerprint density at radius 3 is 2.46 bits per heavy atom. The van der Waals surface area contributed by atoms with E-state index in [9.17, 15) is 18.0 Å². The Balaban J connectivity index is 0.00000288. The molecule has 0 atom stereocenters. The van der Waals surface area contributed by atoms with Crippen LogP contribution in [0.25, 0.3) is 5.69 Å². The molecule has 0 unspecified atom stereocenters. The first kappa shape index (κ1) is 20.4. The summed E-state index contributed by atoms with van der Waals surface area (Å²) in [6.07, 6.45) is -4.33. The SMILES string of the molecule is Cl.NCCCNC(=O)c1nnn(-c2ccc(Br)cc2)c1C(F)(F)F. The van der Waals surface area contributed by atoms with Crippen LogP contribution in [0.2, 0.25) is 0 Å². The lowest BCUT2D eigenvalue weighted by Gasteiger charge is -2.11. The summed E-state index contributed by atoms with van der Waals surface area (Å²) in [4.78, 5) is 11.9. The number of aromatic nitrogens is 3. The summed E-state index contributed by atoms with van der Waals surface area (Å²) >= 11 is 3.20. The first-order chi connectivity index (χ1) is 10.8. The smallest absolute Gasteiger partial charge is 0.351 e. The molecule has 6 nitrogen and oxygen atoms in total. The topological polar surface area (TPSA) is 85.8 Å². The van der Waals surface area contributed by atoms with E-state index in [0.29, 0.717) is 22.1 Å². The largest absolute Gasteiger partial charge is 0.435 e. The molecule has 1 aromatic carbocycles. The van der Waals surface area contributed by atoms with Crippen LogP contribution < -0.4 is 11.1 Å². The summed E-state index contributed by atoms with van der Waals surface area (Å²) in [6.45, 7) is 0.482. The van der Waals surface area contributed by atoms with Crippen LogP contribution in [0.4, 0.5) is 13.2 Å². The van der Waals surface area contributed by atoms with Crippen LogP contribution in [0.5, 0.6) is 0 Å². The fourth-order valence-electron chi connectivity index (χ4n) is 1.84. The fourth-order valence-corrected chi connectivity index (χ4v) is 2.10. The predicted molar refractivity (Wildman–Crippen MR) is 87.3 cm³/mol. The third-order valence-electron chi connectivity index (χ3n) is 2.89. The van der Waals surface area contributed by atoms with Crippen molar-refractivity contribution in [1.29, 1.82) is 0 Å². The van der Waals surface area contributed by atoms with Gasteiger partial charge < -0.3 is 11.1 Å². The lowest BCUT2D eigenvalue weighted by atomic mass is 10.2. The Labute approximate surface area is 150 Å². The van der Waals surface area contributed by atoms with Gasteiger partial charge >= 0.3 is 6.18 Å². The average Bonchev–Trinajstić information content (AvgIpc) is 2.93. The molecule has 11 heteroatoms. The van der Waals surface area contributed by atoms with Crippen LogP contribution in [0.15, 0.2) is 28.7 Å². The van der Waals surface area contributed by atoms with Crippen LogP contribution in [0.3, 0.4) is 0 Å². The Hall–Kier alpha value is -1.65. The minimum absolute atomic E-state index is 0. The second-order valence-corrected chi connectivity index (χ2v) is 5.49. The first-order valence-electron chi connectivity index (χ1n) is 6.61. The Morgan fingerprint density at radius 1 is 1.29 bits per heavy atom. The van der Waals surface area contributed by atoms with Crippen molar-refractivity contribution in [2.45, 2.75) is 12.6 Å². The Bertz CT molecular complexity index is 690. The number of alkyl halides is 3. The molecule has 0 radical (unpaired) electrons. The fraction of sp³-hybridized carbons (Fsp3) is 0.308. The van der Waals surface area contributed by atoms with Gasteiger partial charge in [0, 0.05) is 11.0 Å². The van der Waals surface area contributed by atoms with Gasteiger partial charge in [0.05, 0.1) is 5.69 Å². The zero-order valence-corrected chi connectivity index (χ0v) is 14.6. The normalized spacial score (nSPS) is 11.0. The molecule has 132 valence electrons. The summed E-state index contributed by atoms with van der Waals surface area (Å²) < 4.78 is 41.3. The van der Waals surface area contributed by atoms with Crippen molar-refractivity contribution in [3.05, 3.63) is 40.1 Å². The van der Waals surface area contributed by atoms with E-state index >= 15 is 0 Å². The standard InChI is InChI=1S/C13H13BrF3N5O.ClH/c14-8-2-4-9(5-3-8)22-11(13(15,16)17)10(20-21-22)12(23)19-7-1-6-18;/h2-5H,1,6-7,18H2,(H,19,23);1H. The molecular weight excluding hydrogens is 415 g/mol. The molecule has 1 amide bonds. The second kappa shape index (κ2) is 8.45. The van der Waals surface area contributed by atoms with Crippen molar-refractivity contribution in [3.8, 4) is 5.69 Å². The van der Waals surface area contributed by atoms with Crippen LogP contribution in [0.1, 0.15) is 22.6 Å². The van der Waals surface area contributed by atoms with Crippen molar-refractivity contribution in [2.24, 2.45) is 5.73 Å². The van der Waals surface area contributed by atoms with Gasteiger partial charge in [0.1, 0.15) is 0 Å².